The van der Waals surface area contributed by atoms with Crippen molar-refractivity contribution in [3.63, 3.8) is 0 Å². The number of aliphatic hydroxyl groups is 1. The molecule has 0 aliphatic carbocycles. The summed E-state index contributed by atoms with van der Waals surface area (Å²) in [7, 11) is 1.43. The first-order chi connectivity index (χ1) is 28.1. The molecule has 0 unspecified atom stereocenters. The Morgan fingerprint density at radius 2 is 1.71 bits per heavy atom. The molecule has 59 heavy (non-hydrogen) atoms. The van der Waals surface area contributed by atoms with Gasteiger partial charge >= 0.3 is 6.18 Å². The van der Waals surface area contributed by atoms with Gasteiger partial charge in [-0.25, -0.2) is 4.98 Å². The molecule has 3 aliphatic heterocycles. The number of carbonyl (C=O) groups excluding carboxylic acids is 2. The maximum absolute atomic E-state index is 13.5. The number of nitriles is 1. The molecule has 5 heterocycles. The number of anilines is 1. The molecule has 3 saturated heterocycles. The molecule has 8 rings (SSSR count). The Labute approximate surface area is 343 Å². The van der Waals surface area contributed by atoms with E-state index in [-0.39, 0.29) is 41.7 Å². The third-order valence-corrected chi connectivity index (χ3v) is 12.2. The van der Waals surface area contributed by atoms with E-state index in [0.717, 1.165) is 42.9 Å². The zero-order valence-corrected chi connectivity index (χ0v) is 33.4. The Hall–Kier alpha value is -5.53. The Kier molecular flexibility index (Phi) is 10.4. The first kappa shape index (κ1) is 40.3. The highest BCUT2D eigenvalue weighted by Gasteiger charge is 2.54. The zero-order chi connectivity index (χ0) is 41.9. The molecule has 16 heteroatoms. The monoisotopic (exact) mass is 827 g/mol. The van der Waals surface area contributed by atoms with Crippen molar-refractivity contribution in [1.29, 1.82) is 5.26 Å². The first-order valence-corrected chi connectivity index (χ1v) is 19.5. The van der Waals surface area contributed by atoms with E-state index in [2.05, 4.69) is 21.3 Å². The first-order valence-electron chi connectivity index (χ1n) is 19.2. The number of ether oxygens (including phenoxy) is 1. The third kappa shape index (κ3) is 7.62. The minimum absolute atomic E-state index is 0.0289. The standard InChI is InChI=1S/C43H41ClF3N7O5/c1-25-30(6-4-7-31(25)40-51-34-15-27(14-28(17-48)38(34)59-40)19-53-21-41(22-53)23-54(24-41)26(2)55)32-8-5-9-33(37(32)44)50-39(56)35-16-36(58-3)29(18-49-35)20-52-12-10-42(57,11-13-52)43(45,46)47/h4-9,14-16,18,57H,10-13,19-24H2,1-3H3,(H,50,56). The summed E-state index contributed by atoms with van der Waals surface area (Å²) in [5, 5.41) is 23.2. The number of hydrogen-bond acceptors (Lipinski definition) is 10. The second-order valence-corrected chi connectivity index (χ2v) is 16.3. The molecule has 2 N–H and O–H groups in total. The Balaban J connectivity index is 0.972. The number of amides is 2. The summed E-state index contributed by atoms with van der Waals surface area (Å²) >= 11 is 6.97. The number of aromatic nitrogens is 2. The number of fused-ring (bicyclic) bond motifs is 1. The topological polar surface area (TPSA) is 148 Å². The highest BCUT2D eigenvalue weighted by atomic mass is 35.5. The van der Waals surface area contributed by atoms with Crippen LogP contribution in [0.2, 0.25) is 5.02 Å². The van der Waals surface area contributed by atoms with Crippen LogP contribution in [-0.4, -0.2) is 99.7 Å². The quantitative estimate of drug-likeness (QED) is 0.156. The van der Waals surface area contributed by atoms with Gasteiger partial charge in [-0.2, -0.15) is 18.4 Å². The lowest BCUT2D eigenvalue weighted by Gasteiger charge is -2.60. The van der Waals surface area contributed by atoms with E-state index < -0.39 is 30.5 Å². The second kappa shape index (κ2) is 15.3. The van der Waals surface area contributed by atoms with Gasteiger partial charge in [0.1, 0.15) is 23.0 Å². The minimum atomic E-state index is -4.70. The number of nitrogens with zero attached hydrogens (tertiary/aromatic N) is 6. The van der Waals surface area contributed by atoms with E-state index in [1.165, 1.54) is 19.4 Å². The van der Waals surface area contributed by atoms with Gasteiger partial charge in [0.2, 0.25) is 11.8 Å². The highest BCUT2D eigenvalue weighted by Crippen LogP contribution is 2.42. The van der Waals surface area contributed by atoms with Gasteiger partial charge in [0.15, 0.2) is 11.2 Å². The molecule has 0 atom stereocenters. The van der Waals surface area contributed by atoms with Crippen LogP contribution >= 0.6 is 11.6 Å². The maximum atomic E-state index is 13.5. The summed E-state index contributed by atoms with van der Waals surface area (Å²) in [5.41, 5.74) is 3.69. The number of rotatable bonds is 9. The predicted octanol–water partition coefficient (Wildman–Crippen LogP) is 7.20. The summed E-state index contributed by atoms with van der Waals surface area (Å²) in [6, 6.07) is 18.4. The molecule has 0 radical (unpaired) electrons. The molecule has 2 aromatic heterocycles. The molecule has 0 bridgehead atoms. The Morgan fingerprint density at radius 3 is 2.39 bits per heavy atom. The molecule has 0 saturated carbocycles. The molecule has 5 aromatic rings. The average molecular weight is 828 g/mol. The molecule has 3 aliphatic rings. The summed E-state index contributed by atoms with van der Waals surface area (Å²) in [5.74, 6) is 0.243. The smallest absolute Gasteiger partial charge is 0.417 e. The molecule has 1 spiro atoms. The van der Waals surface area contributed by atoms with Crippen molar-refractivity contribution in [1.82, 2.24) is 24.7 Å². The van der Waals surface area contributed by atoms with E-state index >= 15 is 0 Å². The van der Waals surface area contributed by atoms with Crippen LogP contribution in [0.3, 0.4) is 0 Å². The number of hydrogen-bond donors (Lipinski definition) is 2. The maximum Gasteiger partial charge on any atom is 0.417 e. The van der Waals surface area contributed by atoms with Crippen LogP contribution in [0.4, 0.5) is 18.9 Å². The van der Waals surface area contributed by atoms with Crippen LogP contribution in [0.5, 0.6) is 5.75 Å². The lowest BCUT2D eigenvalue weighted by atomic mass is 9.72. The molecule has 12 nitrogen and oxygen atoms in total. The van der Waals surface area contributed by atoms with E-state index in [0.29, 0.717) is 57.2 Å². The molecular weight excluding hydrogens is 787 g/mol. The minimum Gasteiger partial charge on any atom is -0.496 e. The summed E-state index contributed by atoms with van der Waals surface area (Å²) in [6.07, 6.45) is -4.12. The van der Waals surface area contributed by atoms with Gasteiger partial charge in [-0.3, -0.25) is 24.4 Å². The largest absolute Gasteiger partial charge is 0.496 e. The molecule has 3 aromatic carbocycles. The number of alkyl halides is 3. The normalized spacial score (nSPS) is 17.6. The lowest BCUT2D eigenvalue weighted by Crippen LogP contribution is -2.72. The number of piperidine rings is 1. The second-order valence-electron chi connectivity index (χ2n) is 15.9. The number of oxazole rings is 1. The third-order valence-electron chi connectivity index (χ3n) is 11.8. The Bertz CT molecular complexity index is 2510. The van der Waals surface area contributed by atoms with Crippen LogP contribution in [-0.2, 0) is 17.9 Å². The molecular formula is C43H41ClF3N7O5. The molecule has 306 valence electrons. The predicted molar refractivity (Wildman–Crippen MR) is 214 cm³/mol. The summed E-state index contributed by atoms with van der Waals surface area (Å²) in [6.45, 7) is 7.83. The number of pyridine rings is 1. The van der Waals surface area contributed by atoms with Crippen LogP contribution < -0.4 is 10.1 Å². The van der Waals surface area contributed by atoms with Gasteiger partial charge in [0.25, 0.3) is 5.91 Å². The molecule has 2 amide bonds. The summed E-state index contributed by atoms with van der Waals surface area (Å²) < 4.78 is 51.6. The fourth-order valence-electron chi connectivity index (χ4n) is 8.52. The van der Waals surface area contributed by atoms with E-state index in [4.69, 9.17) is 25.7 Å². The van der Waals surface area contributed by atoms with E-state index in [1.807, 2.05) is 48.2 Å². The fraction of sp³-hybridized carbons (Fsp3) is 0.372. The van der Waals surface area contributed by atoms with Crippen molar-refractivity contribution < 1.29 is 37.0 Å². The van der Waals surface area contributed by atoms with Crippen LogP contribution in [0.1, 0.15) is 52.5 Å². The molecule has 3 fully saturated rings. The fourth-order valence-corrected chi connectivity index (χ4v) is 8.80. The number of carbonyl (C=O) groups is 2. The SMILES string of the molecule is COc1cc(C(=O)Nc2cccc(-c3cccc(-c4nc5cc(CN6CC7(C6)CN(C(C)=O)C7)cc(C#N)c5o4)c3C)c2Cl)ncc1CN1CCC(O)(C(F)(F)F)CC1. The average Bonchev–Trinajstić information content (AvgIpc) is 3.60. The van der Waals surface area contributed by atoms with Crippen LogP contribution in [0, 0.1) is 23.7 Å². The van der Waals surface area contributed by atoms with Crippen molar-refractivity contribution in [2.75, 3.05) is 51.7 Å². The van der Waals surface area contributed by atoms with Crippen molar-refractivity contribution in [2.45, 2.75) is 51.6 Å². The van der Waals surface area contributed by atoms with Gasteiger partial charge in [0, 0.05) is 93.7 Å². The van der Waals surface area contributed by atoms with Crippen molar-refractivity contribution in [2.24, 2.45) is 5.41 Å². The number of methoxy groups -OCH3 is 1. The van der Waals surface area contributed by atoms with Gasteiger partial charge in [-0.1, -0.05) is 35.9 Å². The van der Waals surface area contributed by atoms with Gasteiger partial charge in [-0.05, 0) is 60.7 Å². The highest BCUT2D eigenvalue weighted by molar-refractivity contribution is 6.36. The number of benzene rings is 3. The van der Waals surface area contributed by atoms with Crippen molar-refractivity contribution >= 4 is 40.2 Å². The van der Waals surface area contributed by atoms with Gasteiger partial charge < -0.3 is 24.5 Å². The number of halogens is 4. The van der Waals surface area contributed by atoms with E-state index in [1.54, 1.807) is 24.0 Å². The lowest BCUT2D eigenvalue weighted by molar-refractivity contribution is -0.272. The number of nitrogens with one attached hydrogen (secondary N) is 1. The van der Waals surface area contributed by atoms with Gasteiger partial charge in [0.05, 0.1) is 23.4 Å². The van der Waals surface area contributed by atoms with Crippen molar-refractivity contribution in [3.05, 3.63) is 93.8 Å². The number of likely N-dealkylation sites (tertiary alicyclic amines) is 3. The van der Waals surface area contributed by atoms with E-state index in [9.17, 15) is 33.1 Å². The van der Waals surface area contributed by atoms with Crippen molar-refractivity contribution in [3.8, 4) is 34.4 Å². The van der Waals surface area contributed by atoms with Gasteiger partial charge in [-0.15, -0.1) is 0 Å². The van der Waals surface area contributed by atoms with Crippen LogP contribution in [0.25, 0.3) is 33.7 Å². The van der Waals surface area contributed by atoms with Crippen LogP contribution in [0.15, 0.2) is 65.2 Å². The zero-order valence-electron chi connectivity index (χ0n) is 32.6. The summed E-state index contributed by atoms with van der Waals surface area (Å²) in [4.78, 5) is 40.2. The Morgan fingerprint density at radius 1 is 1.02 bits per heavy atom.